The van der Waals surface area contributed by atoms with Crippen LogP contribution in [0.15, 0.2) is 158 Å². The van der Waals surface area contributed by atoms with Crippen molar-refractivity contribution in [1.82, 2.24) is 24.5 Å². The summed E-state index contributed by atoms with van der Waals surface area (Å²) in [5.41, 5.74) is 3.38. The number of hydrogen-bond acceptors (Lipinski definition) is 16. The summed E-state index contributed by atoms with van der Waals surface area (Å²) in [6, 6.07) is 0. The van der Waals surface area contributed by atoms with Crippen LogP contribution in [0, 0.1) is 0 Å². The monoisotopic (exact) mass is 1120 g/mol. The fourth-order valence-corrected chi connectivity index (χ4v) is 10.1. The molecule has 8 rings (SSSR count). The van der Waals surface area contributed by atoms with Crippen molar-refractivity contribution in [2.45, 2.75) is 189 Å². The Balaban J connectivity index is 0.000000440. The van der Waals surface area contributed by atoms with Crippen molar-refractivity contribution in [2.24, 2.45) is 25.0 Å². The van der Waals surface area contributed by atoms with Gasteiger partial charge in [-0.05, 0) is 138 Å². The lowest BCUT2D eigenvalue weighted by atomic mass is 10.0. The number of likely N-dealkylation sites (N-methyl/N-ethyl adjacent to an activating group) is 5. The van der Waals surface area contributed by atoms with Crippen LogP contribution in [0.3, 0.4) is 0 Å². The highest BCUT2D eigenvalue weighted by Gasteiger charge is 2.40. The smallest absolute Gasteiger partial charge is 0.188 e. The van der Waals surface area contributed by atoms with E-state index in [1.807, 2.05) is 121 Å². The first-order chi connectivity index (χ1) is 34.4. The third-order valence-electron chi connectivity index (χ3n) is 14.9. The number of nitrogens with zero attached hydrogens (tertiary/aromatic N) is 10. The quantitative estimate of drug-likeness (QED) is 0.231. The Kier molecular flexibility index (Phi) is 23.1. The third kappa shape index (κ3) is 17.5. The highest BCUT2D eigenvalue weighted by Crippen LogP contribution is 2.45. The number of thioether (sulfide) groups is 3. The van der Waals surface area contributed by atoms with E-state index in [0.29, 0.717) is 17.7 Å². The summed E-state index contributed by atoms with van der Waals surface area (Å²) in [7, 11) is 10.1. The van der Waals surface area contributed by atoms with Crippen molar-refractivity contribution in [3.05, 3.63) is 133 Å². The van der Waals surface area contributed by atoms with Crippen molar-refractivity contribution >= 4 is 63.0 Å². The van der Waals surface area contributed by atoms with Gasteiger partial charge in [0.2, 0.25) is 0 Å². The molecule has 8 aliphatic rings. The molecule has 0 unspecified atom stereocenters. The third-order valence-corrected chi connectivity index (χ3v) is 18.4. The lowest BCUT2D eigenvalue weighted by Crippen LogP contribution is -2.39. The summed E-state index contributed by atoms with van der Waals surface area (Å²) in [4.78, 5) is 33.9. The molecule has 0 amide bonds. The van der Waals surface area contributed by atoms with Crippen molar-refractivity contribution in [3.63, 3.8) is 0 Å². The first-order valence-electron chi connectivity index (χ1n) is 25.5. The number of ether oxygens (including phenoxy) is 3. The van der Waals surface area contributed by atoms with E-state index in [0.717, 1.165) is 66.0 Å². The van der Waals surface area contributed by atoms with Crippen molar-refractivity contribution in [3.8, 4) is 0 Å². The average Bonchev–Trinajstić information content (AvgIpc) is 4.02. The van der Waals surface area contributed by atoms with E-state index in [-0.39, 0.29) is 43.6 Å². The van der Waals surface area contributed by atoms with Crippen molar-refractivity contribution in [2.75, 3.05) is 35.2 Å². The van der Waals surface area contributed by atoms with Crippen LogP contribution in [0.5, 0.6) is 0 Å². The second kappa shape index (κ2) is 25.4. The van der Waals surface area contributed by atoms with Crippen LogP contribution >= 0.6 is 35.3 Å². The Bertz CT molecular complexity index is 2450. The summed E-state index contributed by atoms with van der Waals surface area (Å²) in [5.74, 6) is 5.67. The van der Waals surface area contributed by atoms with Gasteiger partial charge < -0.3 is 38.7 Å². The second-order valence-corrected chi connectivity index (χ2v) is 27.9. The van der Waals surface area contributed by atoms with Crippen LogP contribution in [0.25, 0.3) is 0 Å². The zero-order valence-corrected chi connectivity index (χ0v) is 55.1. The lowest BCUT2D eigenvalue weighted by Gasteiger charge is -2.29. The number of hydrogen-bond donors (Lipinski definition) is 0. The summed E-state index contributed by atoms with van der Waals surface area (Å²) in [5, 5.41) is 3.35. The first kappa shape index (κ1) is 70.0. The molecule has 8 aliphatic heterocycles. The number of amidine groups is 1. The van der Waals surface area contributed by atoms with E-state index in [1.165, 1.54) is 4.91 Å². The fraction of sp³-hybridized carbons (Fsp3) is 0.557. The van der Waals surface area contributed by atoms with E-state index in [9.17, 15) is 0 Å². The van der Waals surface area contributed by atoms with E-state index >= 15 is 0 Å². The van der Waals surface area contributed by atoms with Crippen molar-refractivity contribution < 1.29 is 14.2 Å². The summed E-state index contributed by atoms with van der Waals surface area (Å²) < 4.78 is 15.8. The molecule has 0 N–H and O–H groups in total. The maximum absolute atomic E-state index is 5.31. The van der Waals surface area contributed by atoms with Gasteiger partial charge in [0.15, 0.2) is 17.7 Å². The summed E-state index contributed by atoms with van der Waals surface area (Å²) >= 11 is 5.14. The van der Waals surface area contributed by atoms with Gasteiger partial charge in [0, 0.05) is 64.6 Å². The largest absolute Gasteiger partial charge is 0.469 e. The topological polar surface area (TPSA) is 106 Å². The highest BCUT2D eigenvalue weighted by molar-refractivity contribution is 8.17. The molecule has 0 bridgehead atoms. The van der Waals surface area contributed by atoms with Crippen LogP contribution in [0.4, 0.5) is 0 Å². The van der Waals surface area contributed by atoms with Gasteiger partial charge in [0.1, 0.15) is 34.3 Å². The van der Waals surface area contributed by atoms with Gasteiger partial charge in [-0.1, -0.05) is 101 Å². The van der Waals surface area contributed by atoms with Crippen molar-refractivity contribution in [1.29, 1.82) is 0 Å². The van der Waals surface area contributed by atoms with Gasteiger partial charge in [-0.3, -0.25) is 9.98 Å². The van der Waals surface area contributed by atoms with Gasteiger partial charge in [-0.25, -0.2) is 15.0 Å². The maximum Gasteiger partial charge on any atom is 0.188 e. The molecule has 0 aromatic carbocycles. The number of aliphatic imine (C=N–C) groups is 5. The van der Waals surface area contributed by atoms with E-state index in [4.69, 9.17) is 14.2 Å². The van der Waals surface area contributed by atoms with Crippen LogP contribution < -0.4 is 0 Å². The molecule has 0 radical (unpaired) electrons. The molecule has 3 saturated heterocycles. The molecule has 77 heavy (non-hydrogen) atoms. The minimum atomic E-state index is -0.274. The standard InChI is InChI=1S/C9H16N2.C8H14N2.C8H13NO.C8H13NS.2C7H11NO.2C7H11NS/c1-7-9(3,4)11(6)8(2)10(7)5;1-6-8(3,4)10(5)7(2)9-6;2*1-6-8(3,4)9(5)7(2)10-6;1-5-7(3,4)8-6(2)9-5;1-5-7(3,4)9-6(2)8-5;1-5-7(3,4)8-6(2)9-5;1-5-7(3,4)9-6(2)8-5/h1-2H2,3-6H3;1H2,2-5H3;2*1-2H2,3-5H3;4*1H2,2-4H3. The molecule has 0 saturated carbocycles. The molecular weight excluding hydrogens is 1020 g/mol. The van der Waals surface area contributed by atoms with Gasteiger partial charge in [-0.15, -0.1) is 0 Å². The van der Waals surface area contributed by atoms with Gasteiger partial charge >= 0.3 is 0 Å². The summed E-state index contributed by atoms with van der Waals surface area (Å²) in [6.07, 6.45) is 0. The molecule has 430 valence electrons. The molecule has 3 fully saturated rings. The predicted molar refractivity (Wildman–Crippen MR) is 344 cm³/mol. The zero-order chi connectivity index (χ0) is 60.9. The Morgan fingerprint density at radius 3 is 1.06 bits per heavy atom. The molecule has 0 aliphatic carbocycles. The Morgan fingerprint density at radius 2 is 0.961 bits per heavy atom. The number of rotatable bonds is 0. The molecule has 0 spiro atoms. The normalized spacial score (nSPS) is 23.7. The van der Waals surface area contributed by atoms with Crippen LogP contribution in [-0.4, -0.2) is 131 Å². The predicted octanol–water partition coefficient (Wildman–Crippen LogP) is 15.8. The average molecular weight is 1120 g/mol. The molecule has 8 heterocycles. The molecule has 16 heteroatoms. The fourth-order valence-electron chi connectivity index (χ4n) is 7.10. The molecule has 13 nitrogen and oxygen atoms in total. The lowest BCUT2D eigenvalue weighted by molar-refractivity contribution is 0.153. The Morgan fingerprint density at radius 1 is 0.442 bits per heavy atom. The SMILES string of the molecule is C=C1N(C)C(=C)C(C)(C)N1C.C=C1N=C(C)N(C)C1(C)C.C=C1N=C(C)OC1(C)C.C=C1N=C(C)SC1(C)C.C=C1OC(=C)C(C)(C)N1C.C=C1OC(C)=NC1(C)C.C=C1SC(=C)C(C)(C)N1C.C=C1SC(C)=NC1(C)C. The second-order valence-electron chi connectivity index (χ2n) is 23.6. The minimum Gasteiger partial charge on any atom is -0.469 e. The van der Waals surface area contributed by atoms with E-state index in [2.05, 4.69) is 181 Å². The summed E-state index contributed by atoms with van der Waals surface area (Å²) in [6.45, 7) is 85.4. The van der Waals surface area contributed by atoms with Gasteiger partial charge in [0.25, 0.3) is 0 Å². The van der Waals surface area contributed by atoms with Crippen LogP contribution in [0.2, 0.25) is 0 Å². The molecular formula is C61H100N10O3S3. The molecule has 0 aromatic heterocycles. The first-order valence-corrected chi connectivity index (χ1v) is 28.0. The zero-order valence-electron chi connectivity index (χ0n) is 52.7. The van der Waals surface area contributed by atoms with Crippen LogP contribution in [-0.2, 0) is 14.2 Å². The van der Waals surface area contributed by atoms with Gasteiger partial charge in [-0.2, -0.15) is 0 Å². The van der Waals surface area contributed by atoms with E-state index in [1.54, 1.807) is 35.3 Å². The van der Waals surface area contributed by atoms with Gasteiger partial charge in [0.05, 0.1) is 64.6 Å². The minimum absolute atomic E-state index is 0.0179. The molecule has 0 aromatic rings. The maximum atomic E-state index is 5.31. The molecule has 0 atom stereocenters. The Labute approximate surface area is 481 Å². The highest BCUT2D eigenvalue weighted by atomic mass is 32.2. The Hall–Kier alpha value is -5.06. The van der Waals surface area contributed by atoms with E-state index < -0.39 is 0 Å². The van der Waals surface area contributed by atoms with Crippen LogP contribution in [0.1, 0.15) is 145 Å².